The van der Waals surface area contributed by atoms with Crippen LogP contribution in [0, 0.1) is 11.3 Å². The van der Waals surface area contributed by atoms with Crippen LogP contribution in [-0.4, -0.2) is 27.3 Å². The van der Waals surface area contributed by atoms with Crippen molar-refractivity contribution in [3.63, 3.8) is 0 Å². The second kappa shape index (κ2) is 10.0. The van der Waals surface area contributed by atoms with E-state index in [9.17, 15) is 4.79 Å². The highest BCUT2D eigenvalue weighted by Crippen LogP contribution is 2.22. The minimum absolute atomic E-state index is 0.0630. The van der Waals surface area contributed by atoms with E-state index in [1.165, 1.54) is 0 Å². The number of ether oxygens (including phenoxy) is 1. The first kappa shape index (κ1) is 20.8. The third-order valence-electron chi connectivity index (χ3n) is 4.64. The third kappa shape index (κ3) is 4.99. The number of unbranched alkanes of at least 4 members (excludes halogenated alkanes) is 1. The highest BCUT2D eigenvalue weighted by Gasteiger charge is 2.19. The molecule has 1 heterocycles. The molecule has 0 saturated heterocycles. The summed E-state index contributed by atoms with van der Waals surface area (Å²) in [6.07, 6.45) is 1.09. The van der Waals surface area contributed by atoms with Crippen molar-refractivity contribution >= 4 is 11.6 Å². The van der Waals surface area contributed by atoms with E-state index in [2.05, 4.69) is 21.5 Å². The molecule has 1 N–H and O–H groups in total. The largest absolute Gasteiger partial charge is 0.493 e. The summed E-state index contributed by atoms with van der Waals surface area (Å²) in [5, 5.41) is 15.9. The number of carbonyl (C=O) groups is 1. The van der Waals surface area contributed by atoms with Gasteiger partial charge in [-0.05, 0) is 30.7 Å². The van der Waals surface area contributed by atoms with Crippen molar-refractivity contribution in [1.29, 1.82) is 5.26 Å². The summed E-state index contributed by atoms with van der Waals surface area (Å²) in [6.45, 7) is 0.439. The number of carbonyl (C=O) groups excluding carboxylic acids is 1. The first-order chi connectivity index (χ1) is 15.7. The predicted molar refractivity (Wildman–Crippen MR) is 122 cm³/mol. The molecule has 0 atom stereocenters. The fraction of sp³-hybridized carbons (Fsp3) is 0.120. The van der Waals surface area contributed by atoms with Gasteiger partial charge in [0.25, 0.3) is 5.91 Å². The Hall–Kier alpha value is -4.44. The summed E-state index contributed by atoms with van der Waals surface area (Å²) in [5.41, 5.74) is 2.24. The number of para-hydroxylation sites is 1. The number of hydrogen-bond acceptors (Lipinski definition) is 5. The lowest BCUT2D eigenvalue weighted by Crippen LogP contribution is -2.14. The van der Waals surface area contributed by atoms with Crippen molar-refractivity contribution < 1.29 is 9.53 Å². The normalized spacial score (nSPS) is 10.3. The van der Waals surface area contributed by atoms with Crippen LogP contribution in [0.4, 0.5) is 5.69 Å². The molecule has 1 aromatic heterocycles. The molecule has 0 saturated carbocycles. The van der Waals surface area contributed by atoms with Gasteiger partial charge >= 0.3 is 0 Å². The number of aromatic nitrogens is 3. The molecule has 0 aliphatic rings. The Labute approximate surface area is 185 Å². The first-order valence-electron chi connectivity index (χ1n) is 10.2. The van der Waals surface area contributed by atoms with Crippen molar-refractivity contribution in [3.8, 4) is 28.9 Å². The molecule has 0 fully saturated rings. The van der Waals surface area contributed by atoms with E-state index >= 15 is 0 Å². The zero-order valence-corrected chi connectivity index (χ0v) is 17.3. The number of nitrogens with one attached hydrogen (secondary N) is 1. The number of hydrogen-bond donors (Lipinski definition) is 1. The minimum atomic E-state index is -0.418. The van der Waals surface area contributed by atoms with Gasteiger partial charge in [0.05, 0.1) is 18.4 Å². The molecule has 0 radical (unpaired) electrons. The maximum atomic E-state index is 12.9. The van der Waals surface area contributed by atoms with E-state index in [0.29, 0.717) is 36.7 Å². The molecule has 0 bridgehead atoms. The van der Waals surface area contributed by atoms with Crippen molar-refractivity contribution in [1.82, 2.24) is 14.8 Å². The summed E-state index contributed by atoms with van der Waals surface area (Å²) in [4.78, 5) is 17.4. The van der Waals surface area contributed by atoms with Crippen LogP contribution in [0.2, 0.25) is 0 Å². The number of nitriles is 1. The summed E-state index contributed by atoms with van der Waals surface area (Å²) in [6, 6.07) is 28.4. The topological polar surface area (TPSA) is 92.8 Å². The number of amides is 1. The highest BCUT2D eigenvalue weighted by atomic mass is 16.5. The van der Waals surface area contributed by atoms with Gasteiger partial charge in [0, 0.05) is 23.7 Å². The second-order valence-electron chi connectivity index (χ2n) is 6.96. The van der Waals surface area contributed by atoms with Gasteiger partial charge in [0.1, 0.15) is 5.75 Å². The molecule has 32 heavy (non-hydrogen) atoms. The van der Waals surface area contributed by atoms with Crippen LogP contribution in [0.15, 0.2) is 84.9 Å². The van der Waals surface area contributed by atoms with E-state index in [1.807, 2.05) is 60.7 Å². The molecule has 0 spiro atoms. The Bertz CT molecular complexity index is 1170. The molecule has 0 aliphatic carbocycles. The maximum absolute atomic E-state index is 12.9. The van der Waals surface area contributed by atoms with Crippen molar-refractivity contribution in [2.75, 3.05) is 11.9 Å². The predicted octanol–water partition coefficient (Wildman–Crippen LogP) is 4.87. The fourth-order valence-electron chi connectivity index (χ4n) is 3.12. The number of rotatable bonds is 8. The monoisotopic (exact) mass is 423 g/mol. The van der Waals surface area contributed by atoms with Gasteiger partial charge in [0.15, 0.2) is 5.82 Å². The summed E-state index contributed by atoms with van der Waals surface area (Å²) < 4.78 is 7.30. The van der Waals surface area contributed by atoms with Crippen LogP contribution in [0.25, 0.3) is 17.1 Å². The van der Waals surface area contributed by atoms with E-state index < -0.39 is 5.91 Å². The van der Waals surface area contributed by atoms with E-state index in [-0.39, 0.29) is 5.82 Å². The fourth-order valence-corrected chi connectivity index (χ4v) is 3.12. The zero-order valence-electron chi connectivity index (χ0n) is 17.3. The average Bonchev–Trinajstić information content (AvgIpc) is 3.29. The van der Waals surface area contributed by atoms with E-state index in [1.54, 1.807) is 28.9 Å². The highest BCUT2D eigenvalue weighted by molar-refractivity contribution is 6.02. The zero-order chi connectivity index (χ0) is 22.2. The minimum Gasteiger partial charge on any atom is -0.493 e. The lowest BCUT2D eigenvalue weighted by atomic mass is 10.2. The van der Waals surface area contributed by atoms with Crippen molar-refractivity contribution in [2.45, 2.75) is 12.8 Å². The lowest BCUT2D eigenvalue weighted by molar-refractivity contribution is 0.101. The van der Waals surface area contributed by atoms with Crippen LogP contribution >= 0.6 is 0 Å². The van der Waals surface area contributed by atoms with E-state index in [4.69, 9.17) is 10.00 Å². The molecule has 158 valence electrons. The molecular formula is C25H21N5O2. The Morgan fingerprint density at radius 1 is 1.00 bits per heavy atom. The van der Waals surface area contributed by atoms with Crippen LogP contribution in [0.3, 0.4) is 0 Å². The summed E-state index contributed by atoms with van der Waals surface area (Å²) in [5.74, 6) is 0.844. The SMILES string of the molecule is N#CCCCOc1cccc(NC(=O)c2nc(-c3ccccc3)n(-c3ccccc3)n2)c1. The van der Waals surface area contributed by atoms with Crippen molar-refractivity contribution in [3.05, 3.63) is 90.8 Å². The Balaban J connectivity index is 1.57. The lowest BCUT2D eigenvalue weighted by Gasteiger charge is -2.07. The Kier molecular flexibility index (Phi) is 6.54. The standard InChI is InChI=1S/C25H21N5O2/c26-16-7-8-17-32-22-15-9-12-20(18-22)27-25(31)23-28-24(19-10-3-1-4-11-19)30(29-23)21-13-5-2-6-14-21/h1-6,9-15,18H,7-8,17H2,(H,27,31). The molecule has 0 unspecified atom stereocenters. The van der Waals surface area contributed by atoms with Gasteiger partial charge in [-0.3, -0.25) is 4.79 Å². The second-order valence-corrected chi connectivity index (χ2v) is 6.96. The number of nitrogens with zero attached hydrogens (tertiary/aromatic N) is 4. The molecular weight excluding hydrogens is 402 g/mol. The van der Waals surface area contributed by atoms with Gasteiger partial charge in [-0.1, -0.05) is 54.6 Å². The van der Waals surface area contributed by atoms with Gasteiger partial charge in [-0.2, -0.15) is 5.26 Å². The molecule has 1 amide bonds. The van der Waals surface area contributed by atoms with Crippen molar-refractivity contribution in [2.24, 2.45) is 0 Å². The van der Waals surface area contributed by atoms with Crippen LogP contribution in [0.5, 0.6) is 5.75 Å². The van der Waals surface area contributed by atoms with E-state index in [0.717, 1.165) is 11.3 Å². The molecule has 7 heteroatoms. The van der Waals surface area contributed by atoms with Gasteiger partial charge in [-0.15, -0.1) is 5.10 Å². The Morgan fingerprint density at radius 3 is 2.50 bits per heavy atom. The van der Waals surface area contributed by atoms with Crippen LogP contribution < -0.4 is 10.1 Å². The molecule has 0 aliphatic heterocycles. The quantitative estimate of drug-likeness (QED) is 0.408. The smallest absolute Gasteiger partial charge is 0.295 e. The van der Waals surface area contributed by atoms with Gasteiger partial charge < -0.3 is 10.1 Å². The maximum Gasteiger partial charge on any atom is 0.295 e. The Morgan fingerprint density at radius 2 is 1.75 bits per heavy atom. The van der Waals surface area contributed by atoms with Crippen LogP contribution in [0.1, 0.15) is 23.5 Å². The average molecular weight is 423 g/mol. The molecule has 4 rings (SSSR count). The van der Waals surface area contributed by atoms with Crippen LogP contribution in [-0.2, 0) is 0 Å². The number of benzene rings is 3. The first-order valence-corrected chi connectivity index (χ1v) is 10.2. The number of anilines is 1. The van der Waals surface area contributed by atoms with Gasteiger partial charge in [-0.25, -0.2) is 9.67 Å². The molecule has 4 aromatic rings. The third-order valence-corrected chi connectivity index (χ3v) is 4.64. The summed E-state index contributed by atoms with van der Waals surface area (Å²) in [7, 11) is 0. The van der Waals surface area contributed by atoms with Gasteiger partial charge in [0.2, 0.25) is 5.82 Å². The molecule has 7 nitrogen and oxygen atoms in total. The molecule has 3 aromatic carbocycles. The summed E-state index contributed by atoms with van der Waals surface area (Å²) >= 11 is 0.